The first-order valence-electron chi connectivity index (χ1n) is 7.63. The predicted octanol–water partition coefficient (Wildman–Crippen LogP) is 3.99. The van der Waals surface area contributed by atoms with E-state index in [0.29, 0.717) is 0 Å². The van der Waals surface area contributed by atoms with Crippen molar-refractivity contribution in [2.75, 3.05) is 13.1 Å². The van der Waals surface area contributed by atoms with Gasteiger partial charge in [0.1, 0.15) is 11.4 Å². The van der Waals surface area contributed by atoms with Crippen molar-refractivity contribution in [2.24, 2.45) is 0 Å². The van der Waals surface area contributed by atoms with Gasteiger partial charge in [-0.25, -0.2) is 0 Å². The first kappa shape index (κ1) is 14.4. The van der Waals surface area contributed by atoms with E-state index < -0.39 is 0 Å². The highest BCUT2D eigenvalue weighted by Gasteiger charge is 2.39. The minimum absolute atomic E-state index is 0.0965. The topological polar surface area (TPSA) is 21.3 Å². The van der Waals surface area contributed by atoms with E-state index in [0.717, 1.165) is 25.3 Å². The largest absolute Gasteiger partial charge is 0.487 e. The SMILES string of the molecule is CCCNCCC1(Oc2cccc(C)c2C)CCC1. The van der Waals surface area contributed by atoms with E-state index in [4.69, 9.17) is 4.74 Å². The lowest BCUT2D eigenvalue weighted by atomic mass is 9.77. The molecule has 2 heteroatoms. The van der Waals surface area contributed by atoms with E-state index in [1.807, 2.05) is 0 Å². The van der Waals surface area contributed by atoms with Gasteiger partial charge in [-0.05, 0) is 76.2 Å². The minimum atomic E-state index is 0.0965. The van der Waals surface area contributed by atoms with Crippen LogP contribution >= 0.6 is 0 Å². The van der Waals surface area contributed by atoms with Crippen LogP contribution in [0.2, 0.25) is 0 Å². The second-order valence-electron chi connectivity index (χ2n) is 5.84. The average molecular weight is 261 g/mol. The first-order chi connectivity index (χ1) is 9.17. The Morgan fingerprint density at radius 2 is 2.00 bits per heavy atom. The first-order valence-corrected chi connectivity index (χ1v) is 7.63. The van der Waals surface area contributed by atoms with Crippen LogP contribution in [0.5, 0.6) is 5.75 Å². The summed E-state index contributed by atoms with van der Waals surface area (Å²) in [4.78, 5) is 0. The molecule has 1 aromatic carbocycles. The zero-order chi connectivity index (χ0) is 13.7. The number of rotatable bonds is 7. The summed E-state index contributed by atoms with van der Waals surface area (Å²) in [6, 6.07) is 6.36. The number of hydrogen-bond donors (Lipinski definition) is 1. The normalized spacial score (nSPS) is 17.0. The van der Waals surface area contributed by atoms with Crippen molar-refractivity contribution in [2.45, 2.75) is 58.5 Å². The van der Waals surface area contributed by atoms with Crippen LogP contribution in [0.4, 0.5) is 0 Å². The van der Waals surface area contributed by atoms with Gasteiger partial charge in [0.25, 0.3) is 0 Å². The Hall–Kier alpha value is -1.02. The number of hydrogen-bond acceptors (Lipinski definition) is 2. The monoisotopic (exact) mass is 261 g/mol. The Morgan fingerprint density at radius 3 is 2.63 bits per heavy atom. The van der Waals surface area contributed by atoms with Crippen molar-refractivity contribution in [1.82, 2.24) is 5.32 Å². The maximum Gasteiger partial charge on any atom is 0.123 e. The third-order valence-corrected chi connectivity index (χ3v) is 4.33. The molecule has 2 nitrogen and oxygen atoms in total. The van der Waals surface area contributed by atoms with E-state index in [1.165, 1.54) is 36.8 Å². The van der Waals surface area contributed by atoms with Crippen molar-refractivity contribution in [3.8, 4) is 5.75 Å². The number of benzene rings is 1. The molecule has 1 aliphatic rings. The van der Waals surface area contributed by atoms with Crippen molar-refractivity contribution in [3.63, 3.8) is 0 Å². The molecule has 19 heavy (non-hydrogen) atoms. The molecule has 0 atom stereocenters. The highest BCUT2D eigenvalue weighted by atomic mass is 16.5. The van der Waals surface area contributed by atoms with Crippen LogP contribution < -0.4 is 10.1 Å². The summed E-state index contributed by atoms with van der Waals surface area (Å²) in [5, 5.41) is 3.49. The maximum atomic E-state index is 6.39. The Kier molecular flexibility index (Phi) is 4.87. The molecular formula is C17H27NO. The van der Waals surface area contributed by atoms with Crippen LogP contribution in [-0.2, 0) is 0 Å². The fraction of sp³-hybridized carbons (Fsp3) is 0.647. The second kappa shape index (κ2) is 6.42. The van der Waals surface area contributed by atoms with Crippen LogP contribution in [0.1, 0.15) is 50.2 Å². The van der Waals surface area contributed by atoms with Gasteiger partial charge >= 0.3 is 0 Å². The molecule has 0 radical (unpaired) electrons. The molecule has 0 heterocycles. The highest BCUT2D eigenvalue weighted by Crippen LogP contribution is 2.40. The Balaban J connectivity index is 1.96. The minimum Gasteiger partial charge on any atom is -0.487 e. The molecule has 1 aliphatic carbocycles. The Labute approximate surface area is 117 Å². The molecular weight excluding hydrogens is 234 g/mol. The highest BCUT2D eigenvalue weighted by molar-refractivity contribution is 5.38. The fourth-order valence-electron chi connectivity index (χ4n) is 2.66. The van der Waals surface area contributed by atoms with E-state index in [-0.39, 0.29) is 5.60 Å². The molecule has 1 N–H and O–H groups in total. The summed E-state index contributed by atoms with van der Waals surface area (Å²) < 4.78 is 6.39. The molecule has 1 saturated carbocycles. The van der Waals surface area contributed by atoms with Crippen molar-refractivity contribution in [3.05, 3.63) is 29.3 Å². The quantitative estimate of drug-likeness (QED) is 0.749. The van der Waals surface area contributed by atoms with Crippen LogP contribution in [0.25, 0.3) is 0 Å². The van der Waals surface area contributed by atoms with Gasteiger partial charge < -0.3 is 10.1 Å². The van der Waals surface area contributed by atoms with Crippen LogP contribution in [0.15, 0.2) is 18.2 Å². The third kappa shape index (κ3) is 3.50. The molecule has 0 aliphatic heterocycles. The summed E-state index contributed by atoms with van der Waals surface area (Å²) in [5.74, 6) is 1.08. The van der Waals surface area contributed by atoms with E-state index in [9.17, 15) is 0 Å². The molecule has 2 rings (SSSR count). The Morgan fingerprint density at radius 1 is 1.21 bits per heavy atom. The van der Waals surface area contributed by atoms with Gasteiger partial charge in [-0.3, -0.25) is 0 Å². The summed E-state index contributed by atoms with van der Waals surface area (Å²) in [6.07, 6.45) is 6.03. The van der Waals surface area contributed by atoms with Crippen LogP contribution in [0.3, 0.4) is 0 Å². The Bertz CT molecular complexity index is 410. The molecule has 0 spiro atoms. The molecule has 1 aromatic rings. The summed E-state index contributed by atoms with van der Waals surface area (Å²) in [7, 11) is 0. The number of nitrogens with one attached hydrogen (secondary N) is 1. The van der Waals surface area contributed by atoms with Crippen molar-refractivity contribution in [1.29, 1.82) is 0 Å². The number of aryl methyl sites for hydroxylation is 1. The molecule has 1 fully saturated rings. The molecule has 0 aromatic heterocycles. The third-order valence-electron chi connectivity index (χ3n) is 4.33. The lowest BCUT2D eigenvalue weighted by Gasteiger charge is -2.42. The number of ether oxygens (including phenoxy) is 1. The van der Waals surface area contributed by atoms with Crippen LogP contribution in [-0.4, -0.2) is 18.7 Å². The zero-order valence-electron chi connectivity index (χ0n) is 12.6. The fourth-order valence-corrected chi connectivity index (χ4v) is 2.66. The summed E-state index contributed by atoms with van der Waals surface area (Å²) in [6.45, 7) is 8.70. The molecule has 0 bridgehead atoms. The molecule has 0 unspecified atom stereocenters. The van der Waals surface area contributed by atoms with E-state index >= 15 is 0 Å². The van der Waals surface area contributed by atoms with Crippen molar-refractivity contribution >= 4 is 0 Å². The lowest BCUT2D eigenvalue weighted by molar-refractivity contribution is -0.0147. The predicted molar refractivity (Wildman–Crippen MR) is 80.9 cm³/mol. The average Bonchev–Trinajstić information content (AvgIpc) is 2.36. The van der Waals surface area contributed by atoms with E-state index in [2.05, 4.69) is 44.3 Å². The van der Waals surface area contributed by atoms with Gasteiger partial charge in [0.15, 0.2) is 0 Å². The van der Waals surface area contributed by atoms with Crippen molar-refractivity contribution < 1.29 is 4.74 Å². The summed E-state index contributed by atoms with van der Waals surface area (Å²) in [5.41, 5.74) is 2.70. The molecule has 0 saturated heterocycles. The molecule has 106 valence electrons. The standard InChI is InChI=1S/C17H27NO/c1-4-12-18-13-11-17(9-6-10-17)19-16-8-5-7-14(2)15(16)3/h5,7-8,18H,4,6,9-13H2,1-3H3. The van der Waals surface area contributed by atoms with Gasteiger partial charge in [-0.1, -0.05) is 19.1 Å². The van der Waals surface area contributed by atoms with E-state index in [1.54, 1.807) is 0 Å². The van der Waals surface area contributed by atoms with Gasteiger partial charge in [0.2, 0.25) is 0 Å². The lowest BCUT2D eigenvalue weighted by Crippen LogP contribution is -2.45. The van der Waals surface area contributed by atoms with Gasteiger partial charge in [0, 0.05) is 0 Å². The molecule has 0 amide bonds. The van der Waals surface area contributed by atoms with Gasteiger partial charge in [-0.15, -0.1) is 0 Å². The van der Waals surface area contributed by atoms with Crippen LogP contribution in [0, 0.1) is 13.8 Å². The summed E-state index contributed by atoms with van der Waals surface area (Å²) >= 11 is 0. The van der Waals surface area contributed by atoms with Gasteiger partial charge in [-0.2, -0.15) is 0 Å². The van der Waals surface area contributed by atoms with Gasteiger partial charge in [0.05, 0.1) is 0 Å². The maximum absolute atomic E-state index is 6.39. The zero-order valence-corrected chi connectivity index (χ0v) is 12.6. The second-order valence-corrected chi connectivity index (χ2v) is 5.84. The smallest absolute Gasteiger partial charge is 0.123 e.